The van der Waals surface area contributed by atoms with Gasteiger partial charge in [0.1, 0.15) is 5.82 Å². The average molecular weight is 409 g/mol. The van der Waals surface area contributed by atoms with E-state index in [1.165, 1.54) is 11.6 Å². The van der Waals surface area contributed by atoms with Gasteiger partial charge in [-0.05, 0) is 36.4 Å². The summed E-state index contributed by atoms with van der Waals surface area (Å²) in [5, 5.41) is 0.179. The van der Waals surface area contributed by atoms with Crippen molar-refractivity contribution in [2.45, 2.75) is 19.2 Å². The van der Waals surface area contributed by atoms with E-state index in [1.807, 2.05) is 12.1 Å². The summed E-state index contributed by atoms with van der Waals surface area (Å²) in [4.78, 5) is 42.7. The maximum absolute atomic E-state index is 12.4. The zero-order chi connectivity index (χ0) is 19.6. The zero-order valence-corrected chi connectivity index (χ0v) is 16.3. The van der Waals surface area contributed by atoms with E-state index in [-0.39, 0.29) is 23.5 Å². The standard InChI is InChI=1S/C17H17ClN4O4S/c1-3-26-17(25)27-9-12-19-14-13(15(23)20-16(24)21(14)2)22(12)8-10-4-6-11(18)7-5-10/h4-7H,3,8-9H2,1-2H3,(H,20,23,24). The number of nitrogens with one attached hydrogen (secondary N) is 1. The SMILES string of the molecule is CCOC(=O)SCc1nc2c(c(=O)[nH]c(=O)n2C)n1Cc1ccc(Cl)cc1. The van der Waals surface area contributed by atoms with Crippen molar-refractivity contribution in [3.05, 3.63) is 61.5 Å². The summed E-state index contributed by atoms with van der Waals surface area (Å²) in [5.74, 6) is 0.694. The quantitative estimate of drug-likeness (QED) is 0.651. The topological polar surface area (TPSA) is 99.0 Å². The second-order valence-electron chi connectivity index (χ2n) is 5.70. The molecule has 10 heteroatoms. The lowest BCUT2D eigenvalue weighted by atomic mass is 10.2. The van der Waals surface area contributed by atoms with E-state index in [4.69, 9.17) is 16.3 Å². The lowest BCUT2D eigenvalue weighted by Crippen LogP contribution is -2.29. The van der Waals surface area contributed by atoms with Gasteiger partial charge in [-0.15, -0.1) is 0 Å². The number of nitrogens with zero attached hydrogens (tertiary/aromatic N) is 3. The fourth-order valence-electron chi connectivity index (χ4n) is 2.62. The molecule has 2 heterocycles. The van der Waals surface area contributed by atoms with Gasteiger partial charge >= 0.3 is 11.0 Å². The summed E-state index contributed by atoms with van der Waals surface area (Å²) >= 11 is 6.88. The van der Waals surface area contributed by atoms with Gasteiger partial charge in [0.15, 0.2) is 11.2 Å². The van der Waals surface area contributed by atoms with Crippen LogP contribution in [-0.2, 0) is 24.1 Å². The predicted molar refractivity (Wildman–Crippen MR) is 104 cm³/mol. The van der Waals surface area contributed by atoms with Crippen LogP contribution in [0.15, 0.2) is 33.9 Å². The van der Waals surface area contributed by atoms with E-state index >= 15 is 0 Å². The number of rotatable bonds is 5. The molecular formula is C17H17ClN4O4S. The van der Waals surface area contributed by atoms with Crippen molar-refractivity contribution >= 4 is 39.8 Å². The normalized spacial score (nSPS) is 11.1. The average Bonchev–Trinajstić information content (AvgIpc) is 2.99. The third-order valence-electron chi connectivity index (χ3n) is 3.92. The molecule has 142 valence electrons. The van der Waals surface area contributed by atoms with Crippen molar-refractivity contribution in [2.75, 3.05) is 6.61 Å². The van der Waals surface area contributed by atoms with E-state index in [0.29, 0.717) is 17.4 Å². The predicted octanol–water partition coefficient (Wildman–Crippen LogP) is 2.51. The molecule has 0 aliphatic heterocycles. The molecule has 0 radical (unpaired) electrons. The fourth-order valence-corrected chi connectivity index (χ4v) is 3.41. The summed E-state index contributed by atoms with van der Waals surface area (Å²) in [7, 11) is 1.53. The number of aromatic amines is 1. The first-order chi connectivity index (χ1) is 12.9. The summed E-state index contributed by atoms with van der Waals surface area (Å²) in [6.07, 6.45) is 0. The minimum Gasteiger partial charge on any atom is -0.458 e. The van der Waals surface area contributed by atoms with Crippen molar-refractivity contribution in [1.82, 2.24) is 19.1 Å². The van der Waals surface area contributed by atoms with E-state index in [9.17, 15) is 14.4 Å². The molecule has 0 aliphatic rings. The van der Waals surface area contributed by atoms with Gasteiger partial charge in [0.2, 0.25) is 0 Å². The van der Waals surface area contributed by atoms with Crippen molar-refractivity contribution in [2.24, 2.45) is 7.05 Å². The van der Waals surface area contributed by atoms with Crippen LogP contribution < -0.4 is 11.2 Å². The molecule has 0 aliphatic carbocycles. The van der Waals surface area contributed by atoms with Crippen molar-refractivity contribution in [3.63, 3.8) is 0 Å². The molecule has 3 rings (SSSR count). The Morgan fingerprint density at radius 3 is 2.67 bits per heavy atom. The van der Waals surface area contributed by atoms with Crippen LogP contribution in [0.25, 0.3) is 11.2 Å². The Hall–Kier alpha value is -2.52. The number of H-pyrrole nitrogens is 1. The van der Waals surface area contributed by atoms with Crippen LogP contribution in [0.4, 0.5) is 4.79 Å². The number of aromatic nitrogens is 4. The Morgan fingerprint density at radius 1 is 1.30 bits per heavy atom. The number of benzene rings is 1. The van der Waals surface area contributed by atoms with Crippen LogP contribution in [0.3, 0.4) is 0 Å². The van der Waals surface area contributed by atoms with Gasteiger partial charge in [-0.2, -0.15) is 0 Å². The molecule has 1 N–H and O–H groups in total. The first-order valence-electron chi connectivity index (χ1n) is 8.13. The van der Waals surface area contributed by atoms with Gasteiger partial charge in [0.25, 0.3) is 5.56 Å². The minimum atomic E-state index is -0.548. The number of hydrogen-bond acceptors (Lipinski definition) is 6. The second kappa shape index (κ2) is 8.01. The lowest BCUT2D eigenvalue weighted by Gasteiger charge is -2.09. The Bertz CT molecular complexity index is 1100. The number of carbonyl (C=O) groups excluding carboxylic acids is 1. The van der Waals surface area contributed by atoms with Gasteiger partial charge < -0.3 is 9.30 Å². The first kappa shape index (κ1) is 19.2. The Morgan fingerprint density at radius 2 is 2.00 bits per heavy atom. The van der Waals surface area contributed by atoms with Gasteiger partial charge in [-0.3, -0.25) is 14.3 Å². The number of halogens is 1. The summed E-state index contributed by atoms with van der Waals surface area (Å²) in [5.41, 5.74) is 0.355. The maximum atomic E-state index is 12.4. The second-order valence-corrected chi connectivity index (χ2v) is 7.05. The molecule has 0 amide bonds. The highest BCUT2D eigenvalue weighted by Crippen LogP contribution is 2.20. The molecule has 0 saturated heterocycles. The van der Waals surface area contributed by atoms with Gasteiger partial charge in [0, 0.05) is 18.6 Å². The molecule has 27 heavy (non-hydrogen) atoms. The maximum Gasteiger partial charge on any atom is 0.367 e. The summed E-state index contributed by atoms with van der Waals surface area (Å²) < 4.78 is 7.89. The van der Waals surface area contributed by atoms with Crippen molar-refractivity contribution in [1.29, 1.82) is 0 Å². The molecule has 0 saturated carbocycles. The van der Waals surface area contributed by atoms with Crippen molar-refractivity contribution < 1.29 is 9.53 Å². The molecule has 2 aromatic heterocycles. The largest absolute Gasteiger partial charge is 0.458 e. The molecule has 0 unspecified atom stereocenters. The third kappa shape index (κ3) is 4.09. The van der Waals surface area contributed by atoms with E-state index < -0.39 is 16.6 Å². The first-order valence-corrected chi connectivity index (χ1v) is 9.49. The molecule has 0 spiro atoms. The molecule has 1 aromatic carbocycles. The van der Waals surface area contributed by atoms with E-state index in [2.05, 4.69) is 9.97 Å². The minimum absolute atomic E-state index is 0.203. The van der Waals surface area contributed by atoms with E-state index in [0.717, 1.165) is 17.3 Å². The third-order valence-corrected chi connectivity index (χ3v) is 4.93. The van der Waals surface area contributed by atoms with Crippen LogP contribution in [0.1, 0.15) is 18.3 Å². The zero-order valence-electron chi connectivity index (χ0n) is 14.7. The Labute approximate surface area is 163 Å². The number of hydrogen-bond donors (Lipinski definition) is 1. The smallest absolute Gasteiger partial charge is 0.367 e. The van der Waals surface area contributed by atoms with E-state index in [1.54, 1.807) is 23.6 Å². The number of fused-ring (bicyclic) bond motifs is 1. The van der Waals surface area contributed by atoms with Gasteiger partial charge in [0.05, 0.1) is 12.4 Å². The number of aryl methyl sites for hydroxylation is 1. The van der Waals surface area contributed by atoms with Crippen molar-refractivity contribution in [3.8, 4) is 0 Å². The number of thioether (sulfide) groups is 1. The molecular weight excluding hydrogens is 392 g/mol. The highest BCUT2D eigenvalue weighted by Gasteiger charge is 2.18. The van der Waals surface area contributed by atoms with Crippen LogP contribution in [0.2, 0.25) is 5.02 Å². The summed E-state index contributed by atoms with van der Waals surface area (Å²) in [6.45, 7) is 2.35. The highest BCUT2D eigenvalue weighted by molar-refractivity contribution is 8.12. The lowest BCUT2D eigenvalue weighted by molar-refractivity contribution is 0.181. The van der Waals surface area contributed by atoms with Crippen LogP contribution in [0.5, 0.6) is 0 Å². The molecule has 8 nitrogen and oxygen atoms in total. The number of carbonyl (C=O) groups is 1. The van der Waals surface area contributed by atoms with Crippen LogP contribution in [0, 0.1) is 0 Å². The molecule has 0 fully saturated rings. The van der Waals surface area contributed by atoms with Gasteiger partial charge in [-0.1, -0.05) is 23.7 Å². The summed E-state index contributed by atoms with van der Waals surface area (Å²) in [6, 6.07) is 7.19. The monoisotopic (exact) mass is 408 g/mol. The Kier molecular flexibility index (Phi) is 5.71. The van der Waals surface area contributed by atoms with Crippen LogP contribution in [-0.4, -0.2) is 31.0 Å². The van der Waals surface area contributed by atoms with Crippen LogP contribution >= 0.6 is 23.4 Å². The molecule has 0 bridgehead atoms. The number of imidazole rings is 1. The highest BCUT2D eigenvalue weighted by atomic mass is 35.5. The fraction of sp³-hybridized carbons (Fsp3) is 0.294. The number of ether oxygens (including phenoxy) is 1. The Balaban J connectivity index is 2.09. The van der Waals surface area contributed by atoms with Gasteiger partial charge in [-0.25, -0.2) is 14.6 Å². The molecule has 0 atom stereocenters. The molecule has 3 aromatic rings.